The number of nitrogens with two attached hydrogens (primary N) is 1. The standard InChI is InChI=1S/C29H34FN3O5S/c1-7-14-39(35,36)38-19-10-11-20(24(16-19)37-6)21-12-13-23-27(33(5)28(34)29(3,4)32-23)25(21)26(31)22-15-18(30)9-8-17(22)2/h8-13,15-16,26,32H,7,14,31H2,1-6H3. The van der Waals surface area contributed by atoms with E-state index < -0.39 is 27.5 Å². The Kier molecular flexibility index (Phi) is 7.64. The first-order valence-corrected chi connectivity index (χ1v) is 14.2. The van der Waals surface area contributed by atoms with Crippen molar-refractivity contribution in [1.29, 1.82) is 0 Å². The third-order valence-corrected chi connectivity index (χ3v) is 8.22. The zero-order valence-electron chi connectivity index (χ0n) is 23.0. The van der Waals surface area contributed by atoms with E-state index in [2.05, 4.69) is 5.32 Å². The van der Waals surface area contributed by atoms with Gasteiger partial charge in [0, 0.05) is 24.2 Å². The Morgan fingerprint density at radius 3 is 2.46 bits per heavy atom. The maximum Gasteiger partial charge on any atom is 0.309 e. The number of amides is 1. The molecule has 0 fully saturated rings. The summed E-state index contributed by atoms with van der Waals surface area (Å²) < 4.78 is 49.8. The Balaban J connectivity index is 1.96. The average molecular weight is 556 g/mol. The summed E-state index contributed by atoms with van der Waals surface area (Å²) in [6.07, 6.45) is 0.421. The maximum absolute atomic E-state index is 14.4. The van der Waals surface area contributed by atoms with Crippen LogP contribution in [0.1, 0.15) is 49.9 Å². The maximum atomic E-state index is 14.4. The molecule has 1 aliphatic heterocycles. The van der Waals surface area contributed by atoms with Crippen molar-refractivity contribution in [2.24, 2.45) is 5.73 Å². The molecule has 3 N–H and O–H groups in total. The number of carbonyl (C=O) groups is 1. The molecule has 1 heterocycles. The molecule has 0 spiro atoms. The monoisotopic (exact) mass is 555 g/mol. The first-order chi connectivity index (χ1) is 18.3. The Hall–Kier alpha value is -3.63. The van der Waals surface area contributed by atoms with Gasteiger partial charge in [-0.3, -0.25) is 4.79 Å². The van der Waals surface area contributed by atoms with Crippen LogP contribution in [0, 0.1) is 12.7 Å². The molecule has 0 radical (unpaired) electrons. The lowest BCUT2D eigenvalue weighted by molar-refractivity contribution is -0.121. The molecule has 10 heteroatoms. The number of fused-ring (bicyclic) bond motifs is 1. The van der Waals surface area contributed by atoms with Crippen LogP contribution in [0.2, 0.25) is 0 Å². The number of nitrogens with zero attached hydrogens (tertiary/aromatic N) is 1. The number of likely N-dealkylation sites (N-methyl/N-ethyl adjacent to an activating group) is 1. The number of halogens is 1. The summed E-state index contributed by atoms with van der Waals surface area (Å²) in [5.41, 5.74) is 10.5. The van der Waals surface area contributed by atoms with E-state index in [1.807, 2.05) is 19.1 Å². The number of benzene rings is 3. The van der Waals surface area contributed by atoms with Gasteiger partial charge in [0.15, 0.2) is 0 Å². The van der Waals surface area contributed by atoms with Crippen LogP contribution in [-0.2, 0) is 14.9 Å². The van der Waals surface area contributed by atoms with E-state index in [-0.39, 0.29) is 17.4 Å². The number of hydrogen-bond acceptors (Lipinski definition) is 7. The van der Waals surface area contributed by atoms with Crippen LogP contribution in [0.3, 0.4) is 0 Å². The number of carbonyl (C=O) groups excluding carboxylic acids is 1. The number of nitrogens with one attached hydrogen (secondary N) is 1. The van der Waals surface area contributed by atoms with Crippen molar-refractivity contribution in [1.82, 2.24) is 0 Å². The summed E-state index contributed by atoms with van der Waals surface area (Å²) in [5, 5.41) is 3.30. The Labute approximate surface area is 229 Å². The SMILES string of the molecule is CCCS(=O)(=O)Oc1ccc(-c2ccc3c(c2C(N)c2cc(F)ccc2C)N(C)C(=O)C(C)(C)N3)c(OC)c1. The number of rotatable bonds is 8. The zero-order chi connectivity index (χ0) is 28.7. The number of anilines is 2. The second kappa shape index (κ2) is 10.5. The molecule has 1 atom stereocenters. The molecule has 0 aromatic heterocycles. The third-order valence-electron chi connectivity index (χ3n) is 6.87. The Morgan fingerprint density at radius 1 is 1.10 bits per heavy atom. The van der Waals surface area contributed by atoms with Gasteiger partial charge in [0.1, 0.15) is 22.9 Å². The third kappa shape index (κ3) is 5.44. The summed E-state index contributed by atoms with van der Waals surface area (Å²) in [4.78, 5) is 14.9. The van der Waals surface area contributed by atoms with Gasteiger partial charge in [-0.25, -0.2) is 4.39 Å². The lowest BCUT2D eigenvalue weighted by Crippen LogP contribution is -2.53. The van der Waals surface area contributed by atoms with Gasteiger partial charge < -0.3 is 24.9 Å². The fourth-order valence-electron chi connectivity index (χ4n) is 5.02. The second-order valence-corrected chi connectivity index (χ2v) is 11.9. The van der Waals surface area contributed by atoms with Gasteiger partial charge >= 0.3 is 10.1 Å². The lowest BCUT2D eigenvalue weighted by Gasteiger charge is -2.40. The topological polar surface area (TPSA) is 111 Å². The van der Waals surface area contributed by atoms with E-state index >= 15 is 0 Å². The fourth-order valence-corrected chi connectivity index (χ4v) is 6.00. The predicted octanol–water partition coefficient (Wildman–Crippen LogP) is 5.14. The number of aryl methyl sites for hydroxylation is 1. The molecule has 0 saturated heterocycles. The van der Waals surface area contributed by atoms with Crippen LogP contribution in [0.15, 0.2) is 48.5 Å². The highest BCUT2D eigenvalue weighted by atomic mass is 32.2. The van der Waals surface area contributed by atoms with Crippen LogP contribution in [-0.4, -0.2) is 39.8 Å². The van der Waals surface area contributed by atoms with Gasteiger partial charge in [-0.2, -0.15) is 8.42 Å². The summed E-state index contributed by atoms with van der Waals surface area (Å²) in [7, 11) is -0.594. The number of methoxy groups -OCH3 is 1. The van der Waals surface area contributed by atoms with Gasteiger partial charge in [0.2, 0.25) is 0 Å². The first kappa shape index (κ1) is 28.4. The van der Waals surface area contributed by atoms with Crippen molar-refractivity contribution in [3.05, 3.63) is 71.0 Å². The highest BCUT2D eigenvalue weighted by Gasteiger charge is 2.40. The summed E-state index contributed by atoms with van der Waals surface area (Å²) in [6, 6.07) is 12.1. The average Bonchev–Trinajstić information content (AvgIpc) is 2.87. The molecule has 3 aromatic rings. The smallest absolute Gasteiger partial charge is 0.309 e. The van der Waals surface area contributed by atoms with Crippen molar-refractivity contribution < 1.29 is 26.5 Å². The molecule has 4 rings (SSSR count). The first-order valence-electron chi connectivity index (χ1n) is 12.6. The van der Waals surface area contributed by atoms with Gasteiger partial charge in [-0.15, -0.1) is 0 Å². The van der Waals surface area contributed by atoms with Crippen molar-refractivity contribution >= 4 is 27.4 Å². The minimum absolute atomic E-state index is 0.114. The molecule has 1 aliphatic rings. The second-order valence-electron chi connectivity index (χ2n) is 10.2. The van der Waals surface area contributed by atoms with Crippen molar-refractivity contribution in [2.45, 2.75) is 45.7 Å². The molecule has 208 valence electrons. The van der Waals surface area contributed by atoms with Gasteiger partial charge in [-0.1, -0.05) is 19.1 Å². The van der Waals surface area contributed by atoms with E-state index in [1.165, 1.54) is 25.3 Å². The zero-order valence-corrected chi connectivity index (χ0v) is 23.8. The van der Waals surface area contributed by atoms with Gasteiger partial charge in [0.05, 0.1) is 30.3 Å². The largest absolute Gasteiger partial charge is 0.496 e. The summed E-state index contributed by atoms with van der Waals surface area (Å²) in [5.74, 6) is -0.231. The summed E-state index contributed by atoms with van der Waals surface area (Å²) in [6.45, 7) is 7.20. The van der Waals surface area contributed by atoms with E-state index in [0.717, 1.165) is 5.56 Å². The van der Waals surface area contributed by atoms with Crippen LogP contribution in [0.25, 0.3) is 11.1 Å². The molecule has 8 nitrogen and oxygen atoms in total. The highest BCUT2D eigenvalue weighted by Crippen LogP contribution is 2.48. The van der Waals surface area contributed by atoms with Gasteiger partial charge in [0.25, 0.3) is 5.91 Å². The molecular formula is C29H34FN3O5S. The number of hydrogen-bond donors (Lipinski definition) is 2. The minimum Gasteiger partial charge on any atom is -0.496 e. The van der Waals surface area contributed by atoms with Crippen LogP contribution >= 0.6 is 0 Å². The van der Waals surface area contributed by atoms with Crippen LogP contribution in [0.5, 0.6) is 11.5 Å². The predicted molar refractivity (Wildman–Crippen MR) is 151 cm³/mol. The van der Waals surface area contributed by atoms with Crippen LogP contribution in [0.4, 0.5) is 15.8 Å². The number of ether oxygens (including phenoxy) is 1. The van der Waals surface area contributed by atoms with Crippen LogP contribution < -0.4 is 24.9 Å². The molecule has 0 bridgehead atoms. The Morgan fingerprint density at radius 2 is 1.79 bits per heavy atom. The molecule has 0 aliphatic carbocycles. The molecule has 1 amide bonds. The molecule has 1 unspecified atom stereocenters. The Bertz CT molecular complexity index is 1540. The van der Waals surface area contributed by atoms with Crippen molar-refractivity contribution in [3.63, 3.8) is 0 Å². The molecule has 0 saturated carbocycles. The van der Waals surface area contributed by atoms with Crippen molar-refractivity contribution in [2.75, 3.05) is 30.1 Å². The van der Waals surface area contributed by atoms with E-state index in [4.69, 9.17) is 14.7 Å². The highest BCUT2D eigenvalue weighted by molar-refractivity contribution is 7.87. The van der Waals surface area contributed by atoms with Gasteiger partial charge in [-0.05, 0) is 74.2 Å². The van der Waals surface area contributed by atoms with Crippen molar-refractivity contribution in [3.8, 4) is 22.6 Å². The molecule has 39 heavy (non-hydrogen) atoms. The molecular weight excluding hydrogens is 521 g/mol. The van der Waals surface area contributed by atoms with E-state index in [9.17, 15) is 17.6 Å². The normalized spacial score (nSPS) is 15.4. The lowest BCUT2D eigenvalue weighted by atomic mass is 9.85. The molecule has 3 aromatic carbocycles. The van der Waals surface area contributed by atoms with E-state index in [1.54, 1.807) is 50.9 Å². The summed E-state index contributed by atoms with van der Waals surface area (Å²) >= 11 is 0. The minimum atomic E-state index is -3.75. The quantitative estimate of drug-likeness (QED) is 0.370. The van der Waals surface area contributed by atoms with E-state index in [0.29, 0.717) is 45.8 Å². The fraction of sp³-hybridized carbons (Fsp3) is 0.345.